The number of hydrogen-bond acceptors (Lipinski definition) is 1. The maximum atomic E-state index is 10.4. The van der Waals surface area contributed by atoms with Gasteiger partial charge in [-0.1, -0.05) is 12.1 Å². The number of rotatable bonds is 4. The highest BCUT2D eigenvalue weighted by atomic mass is 16.5. The minimum atomic E-state index is -0.0644. The Hall–Kier alpha value is -1.02. The summed E-state index contributed by atoms with van der Waals surface area (Å²) in [4.78, 5) is 0. The molecule has 0 spiro atoms. The third-order valence-corrected chi connectivity index (χ3v) is 1.66. The fraction of sp³-hybridized carbons (Fsp3) is 0.455. The highest BCUT2D eigenvalue weighted by Gasteiger charge is 1.98. The van der Waals surface area contributed by atoms with E-state index in [1.54, 1.807) is 0 Å². The first-order chi connectivity index (χ1) is 6.22. The van der Waals surface area contributed by atoms with E-state index in [4.69, 9.17) is 4.74 Å². The zero-order valence-electron chi connectivity index (χ0n) is 8.12. The zero-order valence-corrected chi connectivity index (χ0v) is 8.12. The van der Waals surface area contributed by atoms with Crippen molar-refractivity contribution >= 4 is 0 Å². The van der Waals surface area contributed by atoms with Gasteiger partial charge < -0.3 is 4.74 Å². The van der Waals surface area contributed by atoms with Crippen LogP contribution in [0.3, 0.4) is 0 Å². The first kappa shape index (κ1) is 10.1. The Morgan fingerprint density at radius 2 is 2.15 bits per heavy atom. The Morgan fingerprint density at radius 1 is 1.38 bits per heavy atom. The molecule has 0 aliphatic heterocycles. The molecule has 0 bridgehead atoms. The molecular weight excluding hydrogens is 164 g/mol. The molecule has 0 saturated heterocycles. The molecular formula is C11H15O2. The van der Waals surface area contributed by atoms with Gasteiger partial charge in [-0.15, -0.1) is 0 Å². The highest BCUT2D eigenvalue weighted by Crippen LogP contribution is 2.14. The van der Waals surface area contributed by atoms with Gasteiger partial charge in [-0.05, 0) is 38.0 Å². The van der Waals surface area contributed by atoms with Crippen molar-refractivity contribution in [3.8, 4) is 5.75 Å². The molecule has 0 heterocycles. The van der Waals surface area contributed by atoms with Gasteiger partial charge in [0.2, 0.25) is 0 Å². The maximum Gasteiger partial charge on any atom is 0.119 e. The summed E-state index contributed by atoms with van der Waals surface area (Å²) in [5, 5.41) is 10.4. The van der Waals surface area contributed by atoms with E-state index in [0.717, 1.165) is 11.3 Å². The molecule has 1 rings (SSSR count). The van der Waals surface area contributed by atoms with E-state index in [1.807, 2.05) is 38.1 Å². The van der Waals surface area contributed by atoms with E-state index in [-0.39, 0.29) is 12.7 Å². The summed E-state index contributed by atoms with van der Waals surface area (Å²) in [6.07, 6.45) is 0.762. The monoisotopic (exact) mass is 179 g/mol. The van der Waals surface area contributed by atoms with E-state index < -0.39 is 0 Å². The van der Waals surface area contributed by atoms with Crippen LogP contribution in [0.5, 0.6) is 5.75 Å². The van der Waals surface area contributed by atoms with Crippen molar-refractivity contribution in [2.45, 2.75) is 26.4 Å². The zero-order chi connectivity index (χ0) is 9.68. The topological polar surface area (TPSA) is 29.1 Å². The second-order valence-electron chi connectivity index (χ2n) is 3.27. The van der Waals surface area contributed by atoms with Crippen molar-refractivity contribution in [2.75, 3.05) is 6.61 Å². The molecule has 0 unspecified atom stereocenters. The van der Waals surface area contributed by atoms with Crippen molar-refractivity contribution in [2.24, 2.45) is 0 Å². The fourth-order valence-corrected chi connectivity index (χ4v) is 1.16. The predicted octanol–water partition coefficient (Wildman–Crippen LogP) is 2.45. The van der Waals surface area contributed by atoms with E-state index in [0.29, 0.717) is 6.42 Å². The van der Waals surface area contributed by atoms with Crippen LogP contribution in [0.25, 0.3) is 0 Å². The van der Waals surface area contributed by atoms with Gasteiger partial charge in [0.1, 0.15) is 5.75 Å². The van der Waals surface area contributed by atoms with Crippen LogP contribution in [0, 0.1) is 0 Å². The predicted molar refractivity (Wildman–Crippen MR) is 51.5 cm³/mol. The Morgan fingerprint density at radius 3 is 2.77 bits per heavy atom. The first-order valence-corrected chi connectivity index (χ1v) is 4.56. The lowest BCUT2D eigenvalue weighted by Crippen LogP contribution is -2.05. The minimum Gasteiger partial charge on any atom is -0.491 e. The Bertz CT molecular complexity index is 256. The molecule has 2 heteroatoms. The van der Waals surface area contributed by atoms with Gasteiger partial charge in [0.05, 0.1) is 12.7 Å². The smallest absolute Gasteiger partial charge is 0.119 e. The van der Waals surface area contributed by atoms with Crippen LogP contribution < -0.4 is 4.74 Å². The molecule has 0 fully saturated rings. The molecule has 1 aromatic rings. The van der Waals surface area contributed by atoms with E-state index in [9.17, 15) is 5.11 Å². The van der Waals surface area contributed by atoms with Gasteiger partial charge in [0.25, 0.3) is 0 Å². The van der Waals surface area contributed by atoms with Crippen molar-refractivity contribution in [1.82, 2.24) is 0 Å². The van der Waals surface area contributed by atoms with Crippen LogP contribution in [0.4, 0.5) is 0 Å². The Kier molecular flexibility index (Phi) is 3.77. The highest BCUT2D eigenvalue weighted by molar-refractivity contribution is 5.28. The SMILES string of the molecule is CC(C)Oc1cccc(CC[O])c1. The summed E-state index contributed by atoms with van der Waals surface area (Å²) in [5.41, 5.74) is 1.05. The summed E-state index contributed by atoms with van der Waals surface area (Å²) in [6.45, 7) is 3.91. The van der Waals surface area contributed by atoms with Crippen LogP contribution in [0.1, 0.15) is 19.4 Å². The molecule has 0 N–H and O–H groups in total. The van der Waals surface area contributed by atoms with Crippen LogP contribution in [0.2, 0.25) is 0 Å². The lowest BCUT2D eigenvalue weighted by Gasteiger charge is -2.10. The number of benzene rings is 1. The molecule has 0 amide bonds. The van der Waals surface area contributed by atoms with Gasteiger partial charge in [-0.2, -0.15) is 0 Å². The average molecular weight is 179 g/mol. The third-order valence-electron chi connectivity index (χ3n) is 1.66. The van der Waals surface area contributed by atoms with Gasteiger partial charge in [-0.3, -0.25) is 0 Å². The quantitative estimate of drug-likeness (QED) is 0.698. The minimum absolute atomic E-state index is 0.0644. The normalized spacial score (nSPS) is 10.5. The maximum absolute atomic E-state index is 10.4. The van der Waals surface area contributed by atoms with Gasteiger partial charge >= 0.3 is 0 Å². The lowest BCUT2D eigenvalue weighted by atomic mass is 10.1. The van der Waals surface area contributed by atoms with Crippen LogP contribution in [-0.2, 0) is 11.5 Å². The molecule has 13 heavy (non-hydrogen) atoms. The Balaban J connectivity index is 2.67. The van der Waals surface area contributed by atoms with Gasteiger partial charge in [0.15, 0.2) is 0 Å². The fourth-order valence-electron chi connectivity index (χ4n) is 1.16. The van der Waals surface area contributed by atoms with E-state index >= 15 is 0 Å². The van der Waals surface area contributed by atoms with Gasteiger partial charge in [0, 0.05) is 0 Å². The van der Waals surface area contributed by atoms with Crippen LogP contribution in [0.15, 0.2) is 24.3 Å². The molecule has 1 aromatic carbocycles. The largest absolute Gasteiger partial charge is 0.491 e. The molecule has 0 aromatic heterocycles. The van der Waals surface area contributed by atoms with Crippen molar-refractivity contribution in [3.63, 3.8) is 0 Å². The third kappa shape index (κ3) is 3.47. The molecule has 0 aliphatic rings. The van der Waals surface area contributed by atoms with Crippen LogP contribution in [-0.4, -0.2) is 12.7 Å². The summed E-state index contributed by atoms with van der Waals surface area (Å²) in [7, 11) is 0. The second-order valence-corrected chi connectivity index (χ2v) is 3.27. The number of hydrogen-bond donors (Lipinski definition) is 0. The second kappa shape index (κ2) is 4.87. The summed E-state index contributed by atoms with van der Waals surface area (Å²) in [5.74, 6) is 0.848. The summed E-state index contributed by atoms with van der Waals surface area (Å²) in [6, 6.07) is 7.71. The molecule has 1 radical (unpaired) electrons. The molecule has 0 aliphatic carbocycles. The summed E-state index contributed by atoms with van der Waals surface area (Å²) < 4.78 is 5.50. The van der Waals surface area contributed by atoms with Crippen molar-refractivity contribution in [1.29, 1.82) is 0 Å². The van der Waals surface area contributed by atoms with Crippen LogP contribution >= 0.6 is 0 Å². The molecule has 0 atom stereocenters. The van der Waals surface area contributed by atoms with E-state index in [1.165, 1.54) is 0 Å². The lowest BCUT2D eigenvalue weighted by molar-refractivity contribution is 0.197. The molecule has 71 valence electrons. The van der Waals surface area contributed by atoms with E-state index in [2.05, 4.69) is 0 Å². The van der Waals surface area contributed by atoms with Crippen molar-refractivity contribution < 1.29 is 9.84 Å². The Labute approximate surface area is 79.2 Å². The van der Waals surface area contributed by atoms with Gasteiger partial charge in [-0.25, -0.2) is 5.11 Å². The summed E-state index contributed by atoms with van der Waals surface area (Å²) >= 11 is 0. The van der Waals surface area contributed by atoms with Crippen molar-refractivity contribution in [3.05, 3.63) is 29.8 Å². The number of ether oxygens (including phenoxy) is 1. The first-order valence-electron chi connectivity index (χ1n) is 4.56. The standard InChI is InChI=1S/C11H15O2/c1-9(2)13-11-5-3-4-10(8-11)6-7-12/h3-5,8-9H,6-7H2,1-2H3. The molecule has 0 saturated carbocycles. The average Bonchev–Trinajstić information content (AvgIpc) is 2.04. The molecule has 2 nitrogen and oxygen atoms in total.